The van der Waals surface area contributed by atoms with E-state index in [1.54, 1.807) is 6.07 Å². The molecular weight excluding hydrogens is 412 g/mol. The SMILES string of the molecule is CCCCCC1CCC(CCC2CCC3CC(c4cc(F)c(C#N)c(F)c4)CCC3C2)CC1. The molecule has 0 radical (unpaired) electrons. The average molecular weight is 456 g/mol. The second-order valence-electron chi connectivity index (χ2n) is 11.6. The van der Waals surface area contributed by atoms with Crippen LogP contribution in [-0.2, 0) is 0 Å². The summed E-state index contributed by atoms with van der Waals surface area (Å²) in [4.78, 5) is 0. The van der Waals surface area contributed by atoms with Crippen molar-refractivity contribution in [2.45, 2.75) is 116 Å². The van der Waals surface area contributed by atoms with Gasteiger partial charge in [-0.25, -0.2) is 8.78 Å². The molecule has 0 aliphatic heterocycles. The Balaban J connectivity index is 1.20. The predicted octanol–water partition coefficient (Wildman–Crippen LogP) is 9.30. The van der Waals surface area contributed by atoms with Gasteiger partial charge in [-0.2, -0.15) is 5.26 Å². The van der Waals surface area contributed by atoms with Crippen molar-refractivity contribution in [2.75, 3.05) is 0 Å². The zero-order chi connectivity index (χ0) is 23.2. The summed E-state index contributed by atoms with van der Waals surface area (Å²) in [5, 5.41) is 8.93. The third kappa shape index (κ3) is 6.37. The molecule has 1 aromatic rings. The molecule has 4 atom stereocenters. The van der Waals surface area contributed by atoms with Crippen molar-refractivity contribution in [3.05, 3.63) is 34.9 Å². The molecule has 0 N–H and O–H groups in total. The van der Waals surface area contributed by atoms with Crippen LogP contribution in [0.15, 0.2) is 12.1 Å². The summed E-state index contributed by atoms with van der Waals surface area (Å²) < 4.78 is 28.2. The fourth-order valence-electron chi connectivity index (χ4n) is 7.45. The molecule has 1 aromatic carbocycles. The molecule has 0 bridgehead atoms. The first-order valence-electron chi connectivity index (χ1n) is 14.0. The maximum Gasteiger partial charge on any atom is 0.144 e. The first kappa shape index (κ1) is 24.7. The number of fused-ring (bicyclic) bond motifs is 1. The highest BCUT2D eigenvalue weighted by molar-refractivity contribution is 5.36. The minimum atomic E-state index is -0.701. The third-order valence-corrected chi connectivity index (χ3v) is 9.53. The molecule has 0 heterocycles. The van der Waals surface area contributed by atoms with Gasteiger partial charge in [0.1, 0.15) is 23.3 Å². The molecule has 0 aromatic heterocycles. The molecule has 182 valence electrons. The minimum Gasteiger partial charge on any atom is -0.205 e. The van der Waals surface area contributed by atoms with Gasteiger partial charge in [0.15, 0.2) is 0 Å². The molecule has 3 fully saturated rings. The van der Waals surface area contributed by atoms with Gasteiger partial charge in [-0.05, 0) is 85.3 Å². The Labute approximate surface area is 200 Å². The van der Waals surface area contributed by atoms with E-state index >= 15 is 0 Å². The van der Waals surface area contributed by atoms with Crippen LogP contribution in [0, 0.1) is 52.6 Å². The third-order valence-electron chi connectivity index (χ3n) is 9.53. The largest absolute Gasteiger partial charge is 0.205 e. The van der Waals surface area contributed by atoms with Gasteiger partial charge in [0.2, 0.25) is 0 Å². The predicted molar refractivity (Wildman–Crippen MR) is 131 cm³/mol. The van der Waals surface area contributed by atoms with Gasteiger partial charge < -0.3 is 0 Å². The second-order valence-corrected chi connectivity index (χ2v) is 11.6. The van der Waals surface area contributed by atoms with Crippen molar-refractivity contribution in [2.24, 2.45) is 29.6 Å². The lowest BCUT2D eigenvalue weighted by Gasteiger charge is -2.43. The summed E-state index contributed by atoms with van der Waals surface area (Å²) >= 11 is 0. The number of nitrogens with zero attached hydrogens (tertiary/aromatic N) is 1. The zero-order valence-corrected chi connectivity index (χ0v) is 20.6. The number of nitriles is 1. The van der Waals surface area contributed by atoms with Crippen LogP contribution in [0.4, 0.5) is 8.78 Å². The maximum absolute atomic E-state index is 14.1. The number of halogens is 2. The van der Waals surface area contributed by atoms with Crippen molar-refractivity contribution in [3.8, 4) is 6.07 Å². The van der Waals surface area contributed by atoms with Crippen LogP contribution in [0.3, 0.4) is 0 Å². The van der Waals surface area contributed by atoms with Crippen LogP contribution in [0.25, 0.3) is 0 Å². The zero-order valence-electron chi connectivity index (χ0n) is 20.6. The highest BCUT2D eigenvalue weighted by Gasteiger charge is 2.36. The van der Waals surface area contributed by atoms with Gasteiger partial charge in [-0.1, -0.05) is 77.6 Å². The van der Waals surface area contributed by atoms with Gasteiger partial charge in [-0.15, -0.1) is 0 Å². The Bertz CT molecular complexity index is 781. The number of unbranched alkanes of at least 4 members (excludes halogenated alkanes) is 2. The van der Waals surface area contributed by atoms with Gasteiger partial charge in [0, 0.05) is 0 Å². The molecule has 3 aliphatic rings. The smallest absolute Gasteiger partial charge is 0.144 e. The van der Waals surface area contributed by atoms with Crippen molar-refractivity contribution < 1.29 is 8.78 Å². The fraction of sp³-hybridized carbons (Fsp3) is 0.767. The van der Waals surface area contributed by atoms with Crippen LogP contribution in [-0.4, -0.2) is 0 Å². The van der Waals surface area contributed by atoms with E-state index in [2.05, 4.69) is 6.92 Å². The molecule has 3 heteroatoms. The summed E-state index contributed by atoms with van der Waals surface area (Å²) in [5.41, 5.74) is 0.313. The lowest BCUT2D eigenvalue weighted by Crippen LogP contribution is -2.30. The first-order chi connectivity index (χ1) is 16.1. The Kier molecular flexibility index (Phi) is 8.84. The van der Waals surface area contributed by atoms with E-state index in [-0.39, 0.29) is 5.92 Å². The van der Waals surface area contributed by atoms with Crippen LogP contribution in [0.1, 0.15) is 127 Å². The minimum absolute atomic E-state index is 0.243. The quantitative estimate of drug-likeness (QED) is 0.358. The Morgan fingerprint density at radius 3 is 2.00 bits per heavy atom. The van der Waals surface area contributed by atoms with Gasteiger partial charge in [0.25, 0.3) is 0 Å². The van der Waals surface area contributed by atoms with E-state index in [1.807, 2.05) is 0 Å². The molecule has 4 unspecified atom stereocenters. The van der Waals surface area contributed by atoms with Crippen LogP contribution in [0.5, 0.6) is 0 Å². The van der Waals surface area contributed by atoms with Crippen LogP contribution in [0.2, 0.25) is 0 Å². The Morgan fingerprint density at radius 1 is 0.758 bits per heavy atom. The van der Waals surface area contributed by atoms with Gasteiger partial charge in [-0.3, -0.25) is 0 Å². The Hall–Kier alpha value is -1.43. The summed E-state index contributed by atoms with van der Waals surface area (Å²) in [7, 11) is 0. The summed E-state index contributed by atoms with van der Waals surface area (Å²) in [6, 6.07) is 4.47. The average Bonchev–Trinajstić information content (AvgIpc) is 2.83. The Morgan fingerprint density at radius 2 is 1.33 bits per heavy atom. The van der Waals surface area contributed by atoms with E-state index < -0.39 is 17.2 Å². The highest BCUT2D eigenvalue weighted by Crippen LogP contribution is 2.49. The molecule has 1 nitrogen and oxygen atoms in total. The standard InChI is InChI=1S/C30H43F2N/c1-2-3-4-5-21-6-8-22(9-7-21)10-11-23-12-13-25-17-26(15-14-24(25)16-23)27-18-29(31)28(20-33)30(32)19-27/h18-19,21-26H,2-17H2,1H3. The molecule has 4 rings (SSSR count). The number of hydrogen-bond donors (Lipinski definition) is 0. The number of hydrogen-bond acceptors (Lipinski definition) is 1. The molecule has 33 heavy (non-hydrogen) atoms. The first-order valence-corrected chi connectivity index (χ1v) is 14.0. The van der Waals surface area contributed by atoms with Gasteiger partial charge in [0.05, 0.1) is 0 Å². The molecule has 3 aliphatic carbocycles. The molecule has 3 saturated carbocycles. The molecule has 0 spiro atoms. The van der Waals surface area contributed by atoms with Crippen molar-refractivity contribution >= 4 is 0 Å². The van der Waals surface area contributed by atoms with E-state index in [4.69, 9.17) is 5.26 Å². The topological polar surface area (TPSA) is 23.8 Å². The van der Waals surface area contributed by atoms with E-state index in [1.165, 1.54) is 102 Å². The normalized spacial score (nSPS) is 32.2. The fourth-order valence-corrected chi connectivity index (χ4v) is 7.45. The maximum atomic E-state index is 14.1. The second kappa shape index (κ2) is 11.8. The summed E-state index contributed by atoms with van der Waals surface area (Å²) in [6.07, 6.45) is 21.7. The molecule has 0 saturated heterocycles. The monoisotopic (exact) mass is 455 g/mol. The van der Waals surface area contributed by atoms with Crippen molar-refractivity contribution in [3.63, 3.8) is 0 Å². The number of rotatable bonds is 8. The van der Waals surface area contributed by atoms with Crippen LogP contribution < -0.4 is 0 Å². The van der Waals surface area contributed by atoms with E-state index in [0.29, 0.717) is 5.92 Å². The van der Waals surface area contributed by atoms with Crippen molar-refractivity contribution in [1.29, 1.82) is 5.26 Å². The molecule has 0 amide bonds. The van der Waals surface area contributed by atoms with Crippen molar-refractivity contribution in [1.82, 2.24) is 0 Å². The number of benzene rings is 1. The molecular formula is C30H43F2N. The lowest BCUT2D eigenvalue weighted by atomic mass is 9.63. The van der Waals surface area contributed by atoms with Gasteiger partial charge >= 0.3 is 0 Å². The van der Waals surface area contributed by atoms with E-state index in [9.17, 15) is 8.78 Å². The highest BCUT2D eigenvalue weighted by atomic mass is 19.1. The lowest BCUT2D eigenvalue weighted by molar-refractivity contribution is 0.108. The summed E-state index contributed by atoms with van der Waals surface area (Å²) in [5.74, 6) is 3.24. The van der Waals surface area contributed by atoms with E-state index in [0.717, 1.165) is 42.1 Å². The summed E-state index contributed by atoms with van der Waals surface area (Å²) in [6.45, 7) is 2.30. The van der Waals surface area contributed by atoms with Crippen LogP contribution >= 0.6 is 0 Å².